The van der Waals surface area contributed by atoms with Crippen LogP contribution in [0.2, 0.25) is 0 Å². The predicted molar refractivity (Wildman–Crippen MR) is 115 cm³/mol. The van der Waals surface area contributed by atoms with Crippen LogP contribution < -0.4 is 15.4 Å². The fraction of sp³-hybridized carbons (Fsp3) is 0.429. The van der Waals surface area contributed by atoms with Gasteiger partial charge in [-0.3, -0.25) is 9.78 Å². The molecular weight excluding hydrogens is 418 g/mol. The van der Waals surface area contributed by atoms with E-state index in [9.17, 15) is 18.0 Å². The molecule has 0 aliphatic heterocycles. The van der Waals surface area contributed by atoms with Gasteiger partial charge in [0.25, 0.3) is 15.9 Å². The molecule has 1 fully saturated rings. The van der Waals surface area contributed by atoms with Gasteiger partial charge in [0.1, 0.15) is 5.69 Å². The van der Waals surface area contributed by atoms with E-state index in [-0.39, 0.29) is 18.7 Å². The van der Waals surface area contributed by atoms with Crippen molar-refractivity contribution < 1.29 is 33.1 Å². The van der Waals surface area contributed by atoms with Gasteiger partial charge in [-0.2, -0.15) is 0 Å². The minimum Gasteiger partial charge on any atom is -0.350 e. The van der Waals surface area contributed by atoms with Gasteiger partial charge in [0.2, 0.25) is 0 Å². The van der Waals surface area contributed by atoms with Crippen LogP contribution in [0.1, 0.15) is 68.7 Å². The summed E-state index contributed by atoms with van der Waals surface area (Å²) in [5, 5.41) is 4.04. The Kier molecular flexibility index (Phi) is 4.05. The first-order chi connectivity index (χ1) is 19.0. The van der Waals surface area contributed by atoms with Crippen LogP contribution >= 0.6 is 0 Å². The van der Waals surface area contributed by atoms with Crippen LogP contribution in [0.3, 0.4) is 0 Å². The highest BCUT2D eigenvalue weighted by molar-refractivity contribution is 7.90. The number of nitrogens with one attached hydrogen (secondary N) is 3. The van der Waals surface area contributed by atoms with Crippen LogP contribution in [-0.2, 0) is 16.4 Å². The molecule has 31 heavy (non-hydrogen) atoms. The molecule has 9 nitrogen and oxygen atoms in total. The Morgan fingerprint density at radius 2 is 1.84 bits per heavy atom. The summed E-state index contributed by atoms with van der Waals surface area (Å²) in [5.74, 6) is -0.465. The fourth-order valence-electron chi connectivity index (χ4n) is 2.39. The molecule has 10 heteroatoms. The van der Waals surface area contributed by atoms with E-state index in [1.54, 1.807) is 6.92 Å². The first-order valence-corrected chi connectivity index (χ1v) is 10.5. The summed E-state index contributed by atoms with van der Waals surface area (Å²) in [7, 11) is -4.72. The third-order valence-electron chi connectivity index (χ3n) is 3.91. The van der Waals surface area contributed by atoms with Crippen LogP contribution in [0, 0.1) is 6.92 Å². The van der Waals surface area contributed by atoms with Crippen molar-refractivity contribution in [2.75, 3.05) is 6.54 Å². The fourth-order valence-corrected chi connectivity index (χ4v) is 3.30. The standard InChI is InChI=1S/C21H27N5O4S/c1-15-13-24-19(14-23-15)20(27)22-12-11-16-7-9-18(10-8-16)31(29,30)26-21(28)25-17-5-3-2-4-6-17/h7-10,13-14,17H,2-6,11-12H2,1H3,(H,22,27)(H2,25,26,28)/i2D2,3D2,4D2,5D2,6D2,17D. The highest BCUT2D eigenvalue weighted by atomic mass is 32.2. The molecule has 0 saturated heterocycles. The van der Waals surface area contributed by atoms with E-state index in [0.29, 0.717) is 11.3 Å². The summed E-state index contributed by atoms with van der Waals surface area (Å²) < 4.78 is 115. The number of carbonyl (C=O) groups is 2. The Morgan fingerprint density at radius 1 is 1.13 bits per heavy atom. The van der Waals surface area contributed by atoms with E-state index in [2.05, 4.69) is 15.3 Å². The largest absolute Gasteiger partial charge is 0.350 e. The number of benzene rings is 1. The molecule has 2 aromatic rings. The molecule has 0 radical (unpaired) electrons. The molecule has 166 valence electrons. The minimum absolute atomic E-state index is 0.112. The van der Waals surface area contributed by atoms with Crippen LogP contribution in [0.15, 0.2) is 41.6 Å². The van der Waals surface area contributed by atoms with Crippen molar-refractivity contribution in [2.45, 2.75) is 56.1 Å². The highest BCUT2D eigenvalue weighted by Crippen LogP contribution is 2.17. The lowest BCUT2D eigenvalue weighted by Crippen LogP contribution is -2.45. The number of urea groups is 1. The summed E-state index contributed by atoms with van der Waals surface area (Å²) in [5.41, 5.74) is 1.33. The lowest BCUT2D eigenvalue weighted by molar-refractivity contribution is 0.0948. The van der Waals surface area contributed by atoms with Gasteiger partial charge in [0, 0.05) is 32.5 Å². The van der Waals surface area contributed by atoms with Crippen molar-refractivity contribution in [2.24, 2.45) is 0 Å². The first kappa shape index (κ1) is 12.1. The third kappa shape index (κ3) is 6.74. The second kappa shape index (κ2) is 10.3. The maximum atomic E-state index is 12.8. The monoisotopic (exact) mass is 456 g/mol. The van der Waals surface area contributed by atoms with E-state index in [1.165, 1.54) is 34.6 Å². The number of carbonyl (C=O) groups excluding carboxylic acids is 2. The number of aromatic nitrogens is 2. The minimum atomic E-state index is -4.72. The average molecular weight is 457 g/mol. The van der Waals surface area contributed by atoms with Gasteiger partial charge >= 0.3 is 6.03 Å². The molecule has 0 bridgehead atoms. The number of sulfonamides is 1. The molecule has 1 aliphatic carbocycles. The van der Waals surface area contributed by atoms with Crippen LogP contribution in [-0.4, -0.2) is 42.9 Å². The predicted octanol–water partition coefficient (Wildman–Crippen LogP) is 2.08. The summed E-state index contributed by atoms with van der Waals surface area (Å²) in [6.07, 6.45) is -16.3. The molecule has 0 spiro atoms. The van der Waals surface area contributed by atoms with E-state index in [0.717, 1.165) is 12.1 Å². The lowest BCUT2D eigenvalue weighted by Gasteiger charge is -2.22. The molecule has 1 saturated carbocycles. The van der Waals surface area contributed by atoms with Crippen LogP contribution in [0.5, 0.6) is 0 Å². The Labute approximate surface area is 197 Å². The van der Waals surface area contributed by atoms with Gasteiger partial charge in [-0.1, -0.05) is 31.3 Å². The zero-order chi connectivity index (χ0) is 32.2. The van der Waals surface area contributed by atoms with E-state index >= 15 is 0 Å². The van der Waals surface area contributed by atoms with Gasteiger partial charge in [-0.25, -0.2) is 22.9 Å². The van der Waals surface area contributed by atoms with E-state index < -0.39 is 64.7 Å². The number of aryl methyl sites for hydroxylation is 1. The molecule has 3 rings (SSSR count). The quantitative estimate of drug-likeness (QED) is 0.585. The maximum absolute atomic E-state index is 12.8. The molecule has 1 aromatic carbocycles. The molecule has 1 aliphatic rings. The molecule has 3 amide bonds. The Balaban J connectivity index is 1.72. The number of hydrogen-bond acceptors (Lipinski definition) is 6. The molecular formula is C21H27N5O4S. The zero-order valence-electron chi connectivity index (χ0n) is 27.3. The normalized spacial score (nSPS) is 29.0. The van der Waals surface area contributed by atoms with Gasteiger partial charge in [-0.15, -0.1) is 0 Å². The SMILES string of the molecule is [2H]C1([2H])C([2H])([2H])C([2H])([2H])C([2H])(NC(=O)NS(=O)(=O)c2ccc(CCNC(=O)c3cnc(C)cn3)cc2)C([2H])([2H])C1([2H])[2H]. The molecule has 0 atom stereocenters. The first-order valence-electron chi connectivity index (χ1n) is 14.5. The van der Waals surface area contributed by atoms with Gasteiger partial charge in [-0.05, 0) is 43.8 Å². The van der Waals surface area contributed by atoms with Gasteiger partial charge < -0.3 is 10.6 Å². The number of nitrogens with zero attached hydrogens (tertiary/aromatic N) is 2. The lowest BCUT2D eigenvalue weighted by atomic mass is 9.96. The van der Waals surface area contributed by atoms with Crippen molar-refractivity contribution in [1.29, 1.82) is 0 Å². The van der Waals surface area contributed by atoms with Gasteiger partial charge in [0.05, 0.1) is 18.2 Å². The van der Waals surface area contributed by atoms with Crippen molar-refractivity contribution >= 4 is 22.0 Å². The number of rotatable bonds is 7. The second-order valence-electron chi connectivity index (χ2n) is 6.25. The summed E-state index contributed by atoms with van der Waals surface area (Å²) in [6, 6.07) is -0.770. The Bertz CT molecular complexity index is 1440. The van der Waals surface area contributed by atoms with Crippen LogP contribution in [0.4, 0.5) is 4.79 Å². The highest BCUT2D eigenvalue weighted by Gasteiger charge is 2.21. The second-order valence-corrected chi connectivity index (χ2v) is 7.93. The molecule has 3 N–H and O–H groups in total. The molecule has 1 aromatic heterocycles. The smallest absolute Gasteiger partial charge is 0.328 e. The van der Waals surface area contributed by atoms with Crippen molar-refractivity contribution in [3.8, 4) is 0 Å². The van der Waals surface area contributed by atoms with Crippen LogP contribution in [0.25, 0.3) is 0 Å². The van der Waals surface area contributed by atoms with E-state index in [4.69, 9.17) is 15.1 Å². The van der Waals surface area contributed by atoms with Crippen molar-refractivity contribution in [1.82, 2.24) is 25.3 Å². The maximum Gasteiger partial charge on any atom is 0.328 e. The third-order valence-corrected chi connectivity index (χ3v) is 5.26. The van der Waals surface area contributed by atoms with Gasteiger partial charge in [0.15, 0.2) is 0 Å². The summed E-state index contributed by atoms with van der Waals surface area (Å²) in [4.78, 5) is 32.2. The van der Waals surface area contributed by atoms with E-state index in [1.807, 2.05) is 0 Å². The Morgan fingerprint density at radius 3 is 2.48 bits per heavy atom. The number of hydrogen-bond donors (Lipinski definition) is 3. The number of amides is 3. The summed E-state index contributed by atoms with van der Waals surface area (Å²) >= 11 is 0. The summed E-state index contributed by atoms with van der Waals surface area (Å²) in [6.45, 7) is 1.88. The van der Waals surface area contributed by atoms with Crippen molar-refractivity contribution in [3.63, 3.8) is 0 Å². The average Bonchev–Trinajstić information content (AvgIpc) is 2.87. The molecule has 0 unspecified atom stereocenters. The van der Waals surface area contributed by atoms with Crippen molar-refractivity contribution in [3.05, 3.63) is 53.6 Å². The topological polar surface area (TPSA) is 130 Å². The molecule has 1 heterocycles. The zero-order valence-corrected chi connectivity index (χ0v) is 17.1. The Hall–Kier alpha value is -3.01.